The molecule has 0 aliphatic heterocycles. The highest BCUT2D eigenvalue weighted by Crippen LogP contribution is 2.11. The average Bonchev–Trinajstić information content (AvgIpc) is 2.89. The van der Waals surface area contributed by atoms with Crippen LogP contribution in [0.3, 0.4) is 0 Å². The maximum Gasteiger partial charge on any atom is 0.272 e. The summed E-state index contributed by atoms with van der Waals surface area (Å²) in [5, 5.41) is 3.18. The van der Waals surface area contributed by atoms with Crippen LogP contribution in [0.15, 0.2) is 41.1 Å². The molecule has 0 aromatic carbocycles. The predicted octanol–water partition coefficient (Wildman–Crippen LogP) is 1.99. The summed E-state index contributed by atoms with van der Waals surface area (Å²) >= 11 is 0. The molecule has 0 aliphatic rings. The first-order valence-electron chi connectivity index (χ1n) is 5.61. The largest absolute Gasteiger partial charge is 0.467 e. The summed E-state index contributed by atoms with van der Waals surface area (Å²) < 4.78 is 5.22. The number of nitrogens with one attached hydrogen (secondary N) is 1. The van der Waals surface area contributed by atoms with Crippen molar-refractivity contribution in [2.24, 2.45) is 0 Å². The highest BCUT2D eigenvalue weighted by atomic mass is 16.3. The fourth-order valence-electron chi connectivity index (χ4n) is 1.49. The van der Waals surface area contributed by atoms with E-state index < -0.39 is 0 Å². The molecule has 0 atom stereocenters. The summed E-state index contributed by atoms with van der Waals surface area (Å²) in [5.41, 5.74) is 1.26. The second kappa shape index (κ2) is 5.35. The number of amides is 1. The minimum Gasteiger partial charge on any atom is -0.467 e. The lowest BCUT2D eigenvalue weighted by atomic mass is 10.3. The topological polar surface area (TPSA) is 58.4 Å². The van der Waals surface area contributed by atoms with Gasteiger partial charge in [-0.3, -0.25) is 9.78 Å². The van der Waals surface area contributed by atoms with Gasteiger partial charge in [-0.1, -0.05) is 0 Å². The van der Waals surface area contributed by atoms with Crippen LogP contribution in [0, 0.1) is 0 Å². The van der Waals surface area contributed by atoms with Crippen molar-refractivity contribution in [1.82, 2.24) is 9.88 Å². The van der Waals surface area contributed by atoms with Crippen molar-refractivity contribution >= 4 is 11.6 Å². The Morgan fingerprint density at radius 2 is 2.28 bits per heavy atom. The van der Waals surface area contributed by atoms with E-state index in [9.17, 15) is 4.79 Å². The molecule has 2 aromatic heterocycles. The normalized spacial score (nSPS) is 10.1. The number of hydrogen-bond acceptors (Lipinski definition) is 4. The summed E-state index contributed by atoms with van der Waals surface area (Å²) in [5.74, 6) is 0.726. The summed E-state index contributed by atoms with van der Waals surface area (Å²) in [6, 6.07) is 7.27. The van der Waals surface area contributed by atoms with Gasteiger partial charge in [-0.2, -0.15) is 0 Å². The van der Waals surface area contributed by atoms with Crippen molar-refractivity contribution in [2.75, 3.05) is 19.4 Å². The van der Waals surface area contributed by atoms with E-state index in [1.54, 1.807) is 32.6 Å². The molecule has 0 bridgehead atoms. The van der Waals surface area contributed by atoms with Crippen LogP contribution in [0.5, 0.6) is 0 Å². The summed E-state index contributed by atoms with van der Waals surface area (Å²) in [6.45, 7) is 0.576. The zero-order chi connectivity index (χ0) is 13.0. The minimum absolute atomic E-state index is 0.114. The molecule has 0 fully saturated rings. The van der Waals surface area contributed by atoms with Gasteiger partial charge in [-0.25, -0.2) is 0 Å². The molecule has 2 heterocycles. The molecule has 0 saturated heterocycles. The molecular weight excluding hydrogens is 230 g/mol. The van der Waals surface area contributed by atoms with E-state index in [-0.39, 0.29) is 5.91 Å². The van der Waals surface area contributed by atoms with E-state index in [1.807, 2.05) is 18.2 Å². The van der Waals surface area contributed by atoms with Crippen molar-refractivity contribution in [3.8, 4) is 0 Å². The van der Waals surface area contributed by atoms with Crippen molar-refractivity contribution in [3.63, 3.8) is 0 Å². The number of furan rings is 1. The van der Waals surface area contributed by atoms with Crippen LogP contribution in [-0.4, -0.2) is 29.9 Å². The van der Waals surface area contributed by atoms with Crippen LogP contribution in [0.25, 0.3) is 0 Å². The molecule has 0 radical (unpaired) electrons. The van der Waals surface area contributed by atoms with Crippen LogP contribution in [-0.2, 0) is 6.54 Å². The van der Waals surface area contributed by atoms with Crippen LogP contribution < -0.4 is 5.32 Å². The second-order valence-corrected chi connectivity index (χ2v) is 4.06. The first kappa shape index (κ1) is 12.2. The first-order valence-corrected chi connectivity index (χ1v) is 5.61. The van der Waals surface area contributed by atoms with Gasteiger partial charge in [0.25, 0.3) is 5.91 Å². The zero-order valence-electron chi connectivity index (χ0n) is 10.4. The molecule has 94 valence electrons. The standard InChI is InChI=1S/C13H15N3O2/c1-16(2)13(17)12-8-10(5-6-14-12)15-9-11-4-3-7-18-11/h3-8H,9H2,1-2H3,(H,14,15). The molecule has 5 heteroatoms. The maximum absolute atomic E-state index is 11.7. The van der Waals surface area contributed by atoms with Crippen LogP contribution in [0.4, 0.5) is 5.69 Å². The molecule has 2 rings (SSSR count). The molecule has 0 aliphatic carbocycles. The molecule has 1 amide bonds. The quantitative estimate of drug-likeness (QED) is 0.895. The number of carbonyl (C=O) groups excluding carboxylic acids is 1. The van der Waals surface area contributed by atoms with Gasteiger partial charge in [-0.05, 0) is 24.3 Å². The Kier molecular flexibility index (Phi) is 3.62. The van der Waals surface area contributed by atoms with Gasteiger partial charge in [0.2, 0.25) is 0 Å². The maximum atomic E-state index is 11.7. The highest BCUT2D eigenvalue weighted by molar-refractivity contribution is 5.92. The molecule has 1 N–H and O–H groups in total. The van der Waals surface area contributed by atoms with Crippen LogP contribution in [0.2, 0.25) is 0 Å². The minimum atomic E-state index is -0.114. The highest BCUT2D eigenvalue weighted by Gasteiger charge is 2.09. The van der Waals surface area contributed by atoms with Gasteiger partial charge in [0.05, 0.1) is 12.8 Å². The lowest BCUT2D eigenvalue weighted by Crippen LogP contribution is -2.22. The fourth-order valence-corrected chi connectivity index (χ4v) is 1.49. The van der Waals surface area contributed by atoms with Crippen LogP contribution >= 0.6 is 0 Å². The number of carbonyl (C=O) groups is 1. The number of nitrogens with zero attached hydrogens (tertiary/aromatic N) is 2. The second-order valence-electron chi connectivity index (χ2n) is 4.06. The average molecular weight is 245 g/mol. The Labute approximate surface area is 105 Å². The summed E-state index contributed by atoms with van der Waals surface area (Å²) in [6.07, 6.45) is 3.24. The Morgan fingerprint density at radius 3 is 2.94 bits per heavy atom. The fraction of sp³-hybridized carbons (Fsp3) is 0.231. The molecule has 5 nitrogen and oxygen atoms in total. The number of pyridine rings is 1. The van der Waals surface area contributed by atoms with Gasteiger partial charge in [0.1, 0.15) is 11.5 Å². The van der Waals surface area contributed by atoms with Gasteiger partial charge >= 0.3 is 0 Å². The molecule has 2 aromatic rings. The van der Waals surface area contributed by atoms with Crippen molar-refractivity contribution in [3.05, 3.63) is 48.2 Å². The number of rotatable bonds is 4. The molecule has 18 heavy (non-hydrogen) atoms. The third-order valence-electron chi connectivity index (χ3n) is 2.43. The summed E-state index contributed by atoms with van der Waals surface area (Å²) in [7, 11) is 3.40. The Morgan fingerprint density at radius 1 is 1.44 bits per heavy atom. The summed E-state index contributed by atoms with van der Waals surface area (Å²) in [4.78, 5) is 17.3. The number of anilines is 1. The van der Waals surface area contributed by atoms with Gasteiger partial charge in [0, 0.05) is 26.0 Å². The third kappa shape index (κ3) is 2.88. The predicted molar refractivity (Wildman–Crippen MR) is 68.3 cm³/mol. The lowest BCUT2D eigenvalue weighted by molar-refractivity contribution is 0.0822. The van der Waals surface area contributed by atoms with E-state index in [1.165, 1.54) is 4.90 Å². The first-order chi connectivity index (χ1) is 8.66. The lowest BCUT2D eigenvalue weighted by Gasteiger charge is -2.10. The van der Waals surface area contributed by atoms with Gasteiger partial charge < -0.3 is 14.6 Å². The van der Waals surface area contributed by atoms with E-state index in [2.05, 4.69) is 10.3 Å². The number of aromatic nitrogens is 1. The van der Waals surface area contributed by atoms with Crippen molar-refractivity contribution in [2.45, 2.75) is 6.54 Å². The zero-order valence-corrected chi connectivity index (χ0v) is 10.4. The Bertz CT molecular complexity index is 521. The monoisotopic (exact) mass is 245 g/mol. The molecule has 0 unspecified atom stereocenters. The smallest absolute Gasteiger partial charge is 0.272 e. The van der Waals surface area contributed by atoms with E-state index >= 15 is 0 Å². The van der Waals surface area contributed by atoms with Gasteiger partial charge in [0.15, 0.2) is 0 Å². The number of hydrogen-bond donors (Lipinski definition) is 1. The van der Waals surface area contributed by atoms with Crippen molar-refractivity contribution < 1.29 is 9.21 Å². The van der Waals surface area contributed by atoms with E-state index in [0.717, 1.165) is 11.4 Å². The third-order valence-corrected chi connectivity index (χ3v) is 2.43. The van der Waals surface area contributed by atoms with Crippen LogP contribution in [0.1, 0.15) is 16.2 Å². The molecule has 0 spiro atoms. The molecular formula is C13H15N3O2. The van der Waals surface area contributed by atoms with Crippen molar-refractivity contribution in [1.29, 1.82) is 0 Å². The van der Waals surface area contributed by atoms with Gasteiger partial charge in [-0.15, -0.1) is 0 Å². The van der Waals surface area contributed by atoms with E-state index in [4.69, 9.17) is 4.42 Å². The van der Waals surface area contributed by atoms with E-state index in [0.29, 0.717) is 12.2 Å². The molecule has 0 saturated carbocycles. The Hall–Kier alpha value is -2.30. The SMILES string of the molecule is CN(C)C(=O)c1cc(NCc2ccco2)ccn1. The Balaban J connectivity index is 2.05.